The molecule has 5 nitrogen and oxygen atoms in total. The Bertz CT molecular complexity index is 312. The molecular weight excluding hydrogens is 170 g/mol. The third kappa shape index (κ3) is 2.77. The summed E-state index contributed by atoms with van der Waals surface area (Å²) >= 11 is 0. The summed E-state index contributed by atoms with van der Waals surface area (Å²) < 4.78 is 0. The van der Waals surface area contributed by atoms with Crippen molar-refractivity contribution in [2.75, 3.05) is 0 Å². The predicted molar refractivity (Wildman–Crippen MR) is 45.3 cm³/mol. The van der Waals surface area contributed by atoms with Crippen molar-refractivity contribution in [1.29, 1.82) is 0 Å². The molecule has 1 N–H and O–H groups in total. The second-order valence-electron chi connectivity index (χ2n) is 3.17. The summed E-state index contributed by atoms with van der Waals surface area (Å²) in [4.78, 5) is 14.3. The zero-order chi connectivity index (χ0) is 9.84. The van der Waals surface area contributed by atoms with Crippen molar-refractivity contribution in [2.45, 2.75) is 20.3 Å². The van der Waals surface area contributed by atoms with Gasteiger partial charge in [0, 0.05) is 0 Å². The number of aromatic carboxylic acids is 1. The van der Waals surface area contributed by atoms with Crippen LogP contribution in [0.15, 0.2) is 6.20 Å². The van der Waals surface area contributed by atoms with Crippen molar-refractivity contribution in [3.8, 4) is 0 Å². The fraction of sp³-hybridized carbons (Fsp3) is 0.500. The van der Waals surface area contributed by atoms with Crippen LogP contribution in [0.3, 0.4) is 0 Å². The summed E-state index contributed by atoms with van der Waals surface area (Å²) in [5.41, 5.74) is 0.669. The third-order valence-electron chi connectivity index (χ3n) is 1.42. The van der Waals surface area contributed by atoms with Gasteiger partial charge in [-0.15, -0.1) is 5.10 Å². The molecule has 0 aliphatic carbocycles. The highest BCUT2D eigenvalue weighted by Crippen LogP contribution is 2.03. The molecule has 0 saturated carbocycles. The predicted octanol–water partition coefficient (Wildman–Crippen LogP) is 0.768. The maximum Gasteiger partial charge on any atom is 0.375 e. The topological polar surface area (TPSA) is 76.0 Å². The zero-order valence-corrected chi connectivity index (χ0v) is 7.56. The summed E-state index contributed by atoms with van der Waals surface area (Å²) in [5, 5.41) is 15.5. The van der Waals surface area contributed by atoms with Gasteiger partial charge in [0.1, 0.15) is 0 Å². The maximum atomic E-state index is 10.5. The van der Waals surface area contributed by atoms with Gasteiger partial charge in [-0.1, -0.05) is 13.8 Å². The second-order valence-corrected chi connectivity index (χ2v) is 3.17. The molecule has 5 heteroatoms. The minimum absolute atomic E-state index is 0.238. The largest absolute Gasteiger partial charge is 0.475 e. The van der Waals surface area contributed by atoms with Crippen LogP contribution in [0.1, 0.15) is 30.2 Å². The monoisotopic (exact) mass is 181 g/mol. The average Bonchev–Trinajstić information content (AvgIpc) is 2.03. The van der Waals surface area contributed by atoms with Gasteiger partial charge < -0.3 is 5.11 Å². The molecule has 0 aromatic carbocycles. The minimum Gasteiger partial charge on any atom is -0.475 e. The van der Waals surface area contributed by atoms with E-state index in [4.69, 9.17) is 5.11 Å². The molecule has 0 unspecified atom stereocenters. The normalized spacial score (nSPS) is 10.4. The summed E-state index contributed by atoms with van der Waals surface area (Å²) in [5.74, 6) is -0.949. The second kappa shape index (κ2) is 3.93. The van der Waals surface area contributed by atoms with E-state index in [2.05, 4.69) is 15.2 Å². The Morgan fingerprint density at radius 3 is 2.85 bits per heavy atom. The molecule has 1 aromatic rings. The number of aromatic nitrogens is 3. The summed E-state index contributed by atoms with van der Waals surface area (Å²) in [7, 11) is 0. The van der Waals surface area contributed by atoms with Gasteiger partial charge in [0.25, 0.3) is 5.82 Å². The van der Waals surface area contributed by atoms with E-state index in [1.54, 1.807) is 0 Å². The van der Waals surface area contributed by atoms with E-state index >= 15 is 0 Å². The highest BCUT2D eigenvalue weighted by Gasteiger charge is 2.08. The van der Waals surface area contributed by atoms with Crippen molar-refractivity contribution in [2.24, 2.45) is 5.92 Å². The van der Waals surface area contributed by atoms with Gasteiger partial charge in [-0.3, -0.25) is 0 Å². The van der Waals surface area contributed by atoms with Crippen LogP contribution in [0.2, 0.25) is 0 Å². The molecule has 0 atom stereocenters. The van der Waals surface area contributed by atoms with Crippen molar-refractivity contribution in [1.82, 2.24) is 15.2 Å². The molecule has 0 spiro atoms. The van der Waals surface area contributed by atoms with E-state index in [9.17, 15) is 4.79 Å². The van der Waals surface area contributed by atoms with E-state index in [0.29, 0.717) is 11.6 Å². The molecule has 70 valence electrons. The molecule has 0 fully saturated rings. The summed E-state index contributed by atoms with van der Waals surface area (Å²) in [6.45, 7) is 4.06. The average molecular weight is 181 g/mol. The molecule has 13 heavy (non-hydrogen) atoms. The van der Waals surface area contributed by atoms with Crippen molar-refractivity contribution in [3.63, 3.8) is 0 Å². The molecule has 1 aromatic heterocycles. The Balaban J connectivity index is 2.85. The van der Waals surface area contributed by atoms with Crippen LogP contribution in [-0.4, -0.2) is 26.3 Å². The first-order chi connectivity index (χ1) is 6.09. The summed E-state index contributed by atoms with van der Waals surface area (Å²) in [6.07, 6.45) is 2.21. The lowest BCUT2D eigenvalue weighted by Crippen LogP contribution is -2.09. The smallest absolute Gasteiger partial charge is 0.375 e. The lowest BCUT2D eigenvalue weighted by molar-refractivity contribution is 0.0681. The van der Waals surface area contributed by atoms with E-state index in [1.807, 2.05) is 13.8 Å². The Morgan fingerprint density at radius 1 is 1.62 bits per heavy atom. The lowest BCUT2D eigenvalue weighted by Gasteiger charge is -2.02. The Morgan fingerprint density at radius 2 is 2.31 bits per heavy atom. The van der Waals surface area contributed by atoms with Crippen LogP contribution >= 0.6 is 0 Å². The molecule has 0 aliphatic rings. The first-order valence-electron chi connectivity index (χ1n) is 4.01. The van der Waals surface area contributed by atoms with E-state index in [1.165, 1.54) is 6.20 Å². The number of carbonyl (C=O) groups is 1. The third-order valence-corrected chi connectivity index (χ3v) is 1.42. The SMILES string of the molecule is CC(C)Cc1cnnc(C(=O)O)n1. The number of nitrogens with zero attached hydrogens (tertiary/aromatic N) is 3. The highest BCUT2D eigenvalue weighted by molar-refractivity contribution is 5.82. The maximum absolute atomic E-state index is 10.5. The van der Waals surface area contributed by atoms with Crippen molar-refractivity contribution in [3.05, 3.63) is 17.7 Å². The van der Waals surface area contributed by atoms with E-state index < -0.39 is 5.97 Å². The van der Waals surface area contributed by atoms with Gasteiger partial charge in [0.15, 0.2) is 0 Å². The Kier molecular flexibility index (Phi) is 2.89. The van der Waals surface area contributed by atoms with Crippen molar-refractivity contribution < 1.29 is 9.90 Å². The number of carboxylic acid groups (broad SMARTS) is 1. The van der Waals surface area contributed by atoms with Gasteiger partial charge in [0.05, 0.1) is 11.9 Å². The molecule has 0 amide bonds. The van der Waals surface area contributed by atoms with Crippen LogP contribution in [0.25, 0.3) is 0 Å². The molecule has 0 radical (unpaired) electrons. The molecular formula is C8H11N3O2. The van der Waals surface area contributed by atoms with Gasteiger partial charge in [-0.25, -0.2) is 9.78 Å². The van der Waals surface area contributed by atoms with Crippen LogP contribution < -0.4 is 0 Å². The quantitative estimate of drug-likeness (QED) is 0.745. The first kappa shape index (κ1) is 9.57. The number of carboxylic acids is 1. The lowest BCUT2D eigenvalue weighted by atomic mass is 10.1. The molecule has 0 saturated heterocycles. The van der Waals surface area contributed by atoms with Crippen LogP contribution in [0.4, 0.5) is 0 Å². The Labute approximate surface area is 75.8 Å². The van der Waals surface area contributed by atoms with Gasteiger partial charge in [-0.2, -0.15) is 5.10 Å². The first-order valence-corrected chi connectivity index (χ1v) is 4.01. The van der Waals surface area contributed by atoms with Gasteiger partial charge in [0.2, 0.25) is 0 Å². The van der Waals surface area contributed by atoms with Crippen LogP contribution in [0, 0.1) is 5.92 Å². The number of hydrogen-bond donors (Lipinski definition) is 1. The van der Waals surface area contributed by atoms with Crippen LogP contribution in [0.5, 0.6) is 0 Å². The van der Waals surface area contributed by atoms with E-state index in [-0.39, 0.29) is 5.82 Å². The van der Waals surface area contributed by atoms with Gasteiger partial charge in [-0.05, 0) is 12.3 Å². The van der Waals surface area contributed by atoms with Crippen molar-refractivity contribution >= 4 is 5.97 Å². The molecule has 1 heterocycles. The Hall–Kier alpha value is -1.52. The fourth-order valence-corrected chi connectivity index (χ4v) is 0.945. The minimum atomic E-state index is -1.14. The van der Waals surface area contributed by atoms with E-state index in [0.717, 1.165) is 6.42 Å². The molecule has 1 rings (SSSR count). The van der Waals surface area contributed by atoms with Gasteiger partial charge >= 0.3 is 5.97 Å². The standard InChI is InChI=1S/C8H11N3O2/c1-5(2)3-6-4-9-11-7(10-6)8(12)13/h4-5H,3H2,1-2H3,(H,12,13). The number of hydrogen-bond acceptors (Lipinski definition) is 4. The summed E-state index contributed by atoms with van der Waals surface area (Å²) in [6, 6.07) is 0. The van der Waals surface area contributed by atoms with Crippen LogP contribution in [-0.2, 0) is 6.42 Å². The fourth-order valence-electron chi connectivity index (χ4n) is 0.945. The molecule has 0 bridgehead atoms. The highest BCUT2D eigenvalue weighted by atomic mass is 16.4. The number of rotatable bonds is 3. The zero-order valence-electron chi connectivity index (χ0n) is 7.56. The molecule has 0 aliphatic heterocycles.